The predicted octanol–water partition coefficient (Wildman–Crippen LogP) is 6.48. The zero-order valence-corrected chi connectivity index (χ0v) is 17.0. The van der Waals surface area contributed by atoms with Gasteiger partial charge in [-0.3, -0.25) is 4.79 Å². The van der Waals surface area contributed by atoms with Gasteiger partial charge in [-0.05, 0) is 54.2 Å². The number of carbonyl (C=O) groups excluding carboxylic acids is 1. The molecule has 0 spiro atoms. The number of rotatable bonds is 8. The van der Waals surface area contributed by atoms with E-state index in [9.17, 15) is 4.79 Å². The lowest BCUT2D eigenvalue weighted by molar-refractivity contribution is -0.116. The van der Waals surface area contributed by atoms with Crippen LogP contribution in [0.15, 0.2) is 42.5 Å². The van der Waals surface area contributed by atoms with Gasteiger partial charge in [0.2, 0.25) is 5.91 Å². The number of carbonyl (C=O) groups is 1. The summed E-state index contributed by atoms with van der Waals surface area (Å²) in [6.45, 7) is 7.14. The van der Waals surface area contributed by atoms with Crippen molar-refractivity contribution < 1.29 is 9.53 Å². The molecule has 0 aliphatic rings. The number of hydrogen-bond acceptors (Lipinski definition) is 2. The maximum atomic E-state index is 12.0. The van der Waals surface area contributed by atoms with Gasteiger partial charge in [0.25, 0.3) is 0 Å². The number of amides is 1. The van der Waals surface area contributed by atoms with Crippen LogP contribution in [-0.2, 0) is 10.2 Å². The Balaban J connectivity index is 1.74. The minimum absolute atomic E-state index is 0.0768. The highest BCUT2D eigenvalue weighted by atomic mass is 35.5. The van der Waals surface area contributed by atoms with E-state index in [-0.39, 0.29) is 11.3 Å². The fourth-order valence-corrected chi connectivity index (χ4v) is 2.72. The molecule has 0 aromatic heterocycles. The number of halogens is 2. The largest absolute Gasteiger partial charge is 0.494 e. The number of nitrogens with one attached hydrogen (secondary N) is 1. The summed E-state index contributed by atoms with van der Waals surface area (Å²) < 4.78 is 5.72. The molecule has 0 aliphatic heterocycles. The van der Waals surface area contributed by atoms with Crippen molar-refractivity contribution in [3.63, 3.8) is 0 Å². The summed E-state index contributed by atoms with van der Waals surface area (Å²) in [4.78, 5) is 12.0. The van der Waals surface area contributed by atoms with E-state index in [1.165, 1.54) is 5.56 Å². The molecule has 3 nitrogen and oxygen atoms in total. The first-order valence-corrected chi connectivity index (χ1v) is 9.55. The second kappa shape index (κ2) is 9.29. The highest BCUT2D eigenvalue weighted by Crippen LogP contribution is 2.28. The molecule has 0 saturated heterocycles. The van der Waals surface area contributed by atoms with Gasteiger partial charge in [-0.2, -0.15) is 0 Å². The van der Waals surface area contributed by atoms with E-state index in [4.69, 9.17) is 27.9 Å². The maximum Gasteiger partial charge on any atom is 0.224 e. The van der Waals surface area contributed by atoms with Crippen molar-refractivity contribution in [2.45, 2.75) is 45.4 Å². The molecule has 0 unspecified atom stereocenters. The third-order valence-electron chi connectivity index (χ3n) is 4.54. The Bertz CT molecular complexity index is 742. The standard InChI is InChI=1S/C21H25Cl2NO2/c1-4-21(2,3)15-7-10-17(11-8-15)26-13-5-6-20(25)24-16-9-12-18(22)19(23)14-16/h7-12,14H,4-6,13H2,1-3H3,(H,24,25). The molecule has 5 heteroatoms. The van der Waals surface area contributed by atoms with Crippen LogP contribution < -0.4 is 10.1 Å². The van der Waals surface area contributed by atoms with Crippen LogP contribution in [0.2, 0.25) is 10.0 Å². The lowest BCUT2D eigenvalue weighted by Gasteiger charge is -2.23. The van der Waals surface area contributed by atoms with Crippen LogP contribution in [0.3, 0.4) is 0 Å². The normalized spacial score (nSPS) is 11.3. The fourth-order valence-electron chi connectivity index (χ4n) is 2.43. The second-order valence-electron chi connectivity index (χ2n) is 6.89. The summed E-state index contributed by atoms with van der Waals surface area (Å²) in [5.74, 6) is 0.748. The molecule has 0 heterocycles. The van der Waals surface area contributed by atoms with Gasteiger partial charge in [-0.1, -0.05) is 56.1 Å². The van der Waals surface area contributed by atoms with E-state index in [1.807, 2.05) is 12.1 Å². The Kier molecular flexibility index (Phi) is 7.36. The predicted molar refractivity (Wildman–Crippen MR) is 110 cm³/mol. The highest BCUT2D eigenvalue weighted by Gasteiger charge is 2.17. The fraction of sp³-hybridized carbons (Fsp3) is 0.381. The Morgan fingerprint density at radius 2 is 1.77 bits per heavy atom. The van der Waals surface area contributed by atoms with Crippen LogP contribution >= 0.6 is 23.2 Å². The molecule has 0 fully saturated rings. The van der Waals surface area contributed by atoms with Gasteiger partial charge in [0, 0.05) is 12.1 Å². The van der Waals surface area contributed by atoms with Crippen molar-refractivity contribution in [2.75, 3.05) is 11.9 Å². The van der Waals surface area contributed by atoms with E-state index in [0.717, 1.165) is 12.2 Å². The molecule has 1 N–H and O–H groups in total. The van der Waals surface area contributed by atoms with Crippen molar-refractivity contribution in [1.82, 2.24) is 0 Å². The summed E-state index contributed by atoms with van der Waals surface area (Å²) in [5.41, 5.74) is 2.11. The average Bonchev–Trinajstić information content (AvgIpc) is 2.62. The van der Waals surface area contributed by atoms with Gasteiger partial charge in [-0.15, -0.1) is 0 Å². The van der Waals surface area contributed by atoms with Gasteiger partial charge in [-0.25, -0.2) is 0 Å². The average molecular weight is 394 g/mol. The topological polar surface area (TPSA) is 38.3 Å². The van der Waals surface area contributed by atoms with E-state index in [0.29, 0.717) is 35.2 Å². The van der Waals surface area contributed by atoms with Gasteiger partial charge in [0.15, 0.2) is 0 Å². The number of hydrogen-bond donors (Lipinski definition) is 1. The summed E-state index contributed by atoms with van der Waals surface area (Å²) >= 11 is 11.8. The van der Waals surface area contributed by atoms with Gasteiger partial charge >= 0.3 is 0 Å². The summed E-state index contributed by atoms with van der Waals surface area (Å²) in [6.07, 6.45) is 2.09. The molecule has 1 amide bonds. The third kappa shape index (κ3) is 5.93. The molecular weight excluding hydrogens is 369 g/mol. The molecule has 26 heavy (non-hydrogen) atoms. The smallest absolute Gasteiger partial charge is 0.224 e. The molecule has 0 bridgehead atoms. The molecule has 140 valence electrons. The minimum Gasteiger partial charge on any atom is -0.494 e. The quantitative estimate of drug-likeness (QED) is 0.521. The van der Waals surface area contributed by atoms with Crippen LogP contribution in [0.25, 0.3) is 0 Å². The lowest BCUT2D eigenvalue weighted by Crippen LogP contribution is -2.15. The molecule has 2 aromatic carbocycles. The first-order chi connectivity index (χ1) is 12.3. The van der Waals surface area contributed by atoms with Crippen molar-refractivity contribution in [3.05, 3.63) is 58.1 Å². The summed E-state index contributed by atoms with van der Waals surface area (Å²) in [7, 11) is 0. The highest BCUT2D eigenvalue weighted by molar-refractivity contribution is 6.42. The molecule has 0 radical (unpaired) electrons. The number of benzene rings is 2. The molecule has 0 aliphatic carbocycles. The Labute approximate surface area is 165 Å². The monoisotopic (exact) mass is 393 g/mol. The lowest BCUT2D eigenvalue weighted by atomic mass is 9.82. The first-order valence-electron chi connectivity index (χ1n) is 8.80. The first kappa shape index (κ1) is 20.6. The van der Waals surface area contributed by atoms with Gasteiger partial charge in [0.1, 0.15) is 5.75 Å². The van der Waals surface area contributed by atoms with Crippen molar-refractivity contribution >= 4 is 34.8 Å². The Morgan fingerprint density at radius 3 is 2.38 bits per heavy atom. The molecular formula is C21H25Cl2NO2. The Hall–Kier alpha value is -1.71. The van der Waals surface area contributed by atoms with Gasteiger partial charge in [0.05, 0.1) is 16.7 Å². The number of anilines is 1. The van der Waals surface area contributed by atoms with E-state index in [1.54, 1.807) is 18.2 Å². The van der Waals surface area contributed by atoms with Crippen molar-refractivity contribution in [3.8, 4) is 5.75 Å². The van der Waals surface area contributed by atoms with Crippen LogP contribution in [0.4, 0.5) is 5.69 Å². The second-order valence-corrected chi connectivity index (χ2v) is 7.71. The summed E-state index contributed by atoms with van der Waals surface area (Å²) in [6, 6.07) is 13.2. The third-order valence-corrected chi connectivity index (χ3v) is 5.28. The Morgan fingerprint density at radius 1 is 1.08 bits per heavy atom. The van der Waals surface area contributed by atoms with E-state index >= 15 is 0 Å². The maximum absolute atomic E-state index is 12.0. The van der Waals surface area contributed by atoms with Crippen LogP contribution in [0, 0.1) is 0 Å². The zero-order chi connectivity index (χ0) is 19.2. The van der Waals surface area contributed by atoms with E-state index < -0.39 is 0 Å². The van der Waals surface area contributed by atoms with Crippen LogP contribution in [0.1, 0.15) is 45.6 Å². The molecule has 2 rings (SSSR count). The van der Waals surface area contributed by atoms with Gasteiger partial charge < -0.3 is 10.1 Å². The van der Waals surface area contributed by atoms with Crippen LogP contribution in [0.5, 0.6) is 5.75 Å². The molecule has 0 atom stereocenters. The minimum atomic E-state index is -0.0768. The summed E-state index contributed by atoms with van der Waals surface area (Å²) in [5, 5.41) is 3.68. The SMILES string of the molecule is CCC(C)(C)c1ccc(OCCCC(=O)Nc2ccc(Cl)c(Cl)c2)cc1. The van der Waals surface area contributed by atoms with Crippen LogP contribution in [-0.4, -0.2) is 12.5 Å². The zero-order valence-electron chi connectivity index (χ0n) is 15.4. The van der Waals surface area contributed by atoms with E-state index in [2.05, 4.69) is 38.2 Å². The molecule has 2 aromatic rings. The van der Waals surface area contributed by atoms with Crippen molar-refractivity contribution in [1.29, 1.82) is 0 Å². The van der Waals surface area contributed by atoms with Crippen molar-refractivity contribution in [2.24, 2.45) is 0 Å². The molecule has 0 saturated carbocycles. The number of ether oxygens (including phenoxy) is 1.